The highest BCUT2D eigenvalue weighted by Gasteiger charge is 2.30. The second kappa shape index (κ2) is 8.29. The lowest BCUT2D eigenvalue weighted by Gasteiger charge is -2.33. The Balaban J connectivity index is 1.85. The number of rotatable bonds is 6. The highest BCUT2D eigenvalue weighted by Crippen LogP contribution is 2.38. The molecule has 0 radical (unpaired) electrons. The fraction of sp³-hybridized carbons (Fsp3) is 0.579. The van der Waals surface area contributed by atoms with E-state index in [1.807, 2.05) is 0 Å². The largest absolute Gasteiger partial charge is 0.396 e. The average Bonchev–Trinajstić information content (AvgIpc) is 2.55. The number of aliphatic hydroxyl groups excluding tert-OH is 1. The van der Waals surface area contributed by atoms with Gasteiger partial charge < -0.3 is 15.7 Å². The third-order valence-corrected chi connectivity index (χ3v) is 4.75. The van der Waals surface area contributed by atoms with Gasteiger partial charge in [0, 0.05) is 30.3 Å². The van der Waals surface area contributed by atoms with Crippen LogP contribution in [0.4, 0.5) is 5.69 Å². The van der Waals surface area contributed by atoms with Crippen LogP contribution < -0.4 is 10.6 Å². The monoisotopic (exact) mass is 332 g/mol. The van der Waals surface area contributed by atoms with Crippen LogP contribution in [-0.4, -0.2) is 30.1 Å². The molecule has 0 aromatic heterocycles. The van der Waals surface area contributed by atoms with Crippen molar-refractivity contribution in [3.63, 3.8) is 0 Å². The molecule has 0 bridgehead atoms. The van der Waals surface area contributed by atoms with Gasteiger partial charge in [-0.2, -0.15) is 0 Å². The molecular weight excluding hydrogens is 304 g/mol. The van der Waals surface area contributed by atoms with Crippen LogP contribution in [0.3, 0.4) is 0 Å². The predicted octanol–water partition coefficient (Wildman–Crippen LogP) is 2.95. The number of amides is 2. The maximum absolute atomic E-state index is 12.4. The van der Waals surface area contributed by atoms with Crippen molar-refractivity contribution in [1.82, 2.24) is 5.32 Å². The van der Waals surface area contributed by atoms with E-state index >= 15 is 0 Å². The highest BCUT2D eigenvalue weighted by molar-refractivity contribution is 5.96. The molecule has 1 aromatic rings. The molecule has 5 nitrogen and oxygen atoms in total. The van der Waals surface area contributed by atoms with E-state index in [0.717, 1.165) is 31.4 Å². The van der Waals surface area contributed by atoms with Gasteiger partial charge in [-0.3, -0.25) is 9.59 Å². The molecule has 1 aliphatic rings. The molecule has 0 unspecified atom stereocenters. The topological polar surface area (TPSA) is 78.4 Å². The van der Waals surface area contributed by atoms with Crippen LogP contribution >= 0.6 is 0 Å². The van der Waals surface area contributed by atoms with Crippen molar-refractivity contribution in [2.45, 2.75) is 46.0 Å². The van der Waals surface area contributed by atoms with Gasteiger partial charge in [-0.1, -0.05) is 13.8 Å². The Hall–Kier alpha value is -1.88. The van der Waals surface area contributed by atoms with Crippen molar-refractivity contribution < 1.29 is 14.7 Å². The van der Waals surface area contributed by atoms with Crippen LogP contribution in [0.2, 0.25) is 0 Å². The molecule has 132 valence electrons. The van der Waals surface area contributed by atoms with Crippen molar-refractivity contribution in [3.05, 3.63) is 29.8 Å². The smallest absolute Gasteiger partial charge is 0.251 e. The Morgan fingerprint density at radius 1 is 1.17 bits per heavy atom. The summed E-state index contributed by atoms with van der Waals surface area (Å²) in [6.07, 6.45) is 4.57. The van der Waals surface area contributed by atoms with Gasteiger partial charge in [0.15, 0.2) is 0 Å². The number of carbonyl (C=O) groups excluding carboxylic acids is 2. The molecular formula is C19H28N2O3. The van der Waals surface area contributed by atoms with E-state index in [1.54, 1.807) is 24.3 Å². The maximum Gasteiger partial charge on any atom is 0.251 e. The van der Waals surface area contributed by atoms with E-state index in [2.05, 4.69) is 24.5 Å². The Labute approximate surface area is 143 Å². The molecule has 0 atom stereocenters. The molecule has 0 saturated heterocycles. The molecule has 3 N–H and O–H groups in total. The van der Waals surface area contributed by atoms with Crippen molar-refractivity contribution in [2.24, 2.45) is 11.3 Å². The molecule has 0 spiro atoms. The van der Waals surface area contributed by atoms with Gasteiger partial charge in [-0.25, -0.2) is 0 Å². The van der Waals surface area contributed by atoms with Gasteiger partial charge in [0.1, 0.15) is 0 Å². The standard InChI is InChI=1S/C19H28N2O3/c1-19(2)10-8-15(9-11-19)18(24)21-16-6-4-14(5-7-16)17(23)20-12-3-13-22/h4-7,15,22H,3,8-13H2,1-2H3,(H,20,23)(H,21,24). The lowest BCUT2D eigenvalue weighted by atomic mass is 9.73. The first-order chi connectivity index (χ1) is 11.4. The number of carbonyl (C=O) groups is 2. The Morgan fingerprint density at radius 3 is 2.38 bits per heavy atom. The highest BCUT2D eigenvalue weighted by atomic mass is 16.3. The van der Waals surface area contributed by atoms with Crippen LogP contribution in [0.15, 0.2) is 24.3 Å². The van der Waals surface area contributed by atoms with E-state index in [9.17, 15) is 9.59 Å². The van der Waals surface area contributed by atoms with Crippen molar-refractivity contribution in [2.75, 3.05) is 18.5 Å². The van der Waals surface area contributed by atoms with Crippen LogP contribution in [-0.2, 0) is 4.79 Å². The third kappa shape index (κ3) is 5.34. The zero-order chi connectivity index (χ0) is 17.6. The lowest BCUT2D eigenvalue weighted by molar-refractivity contribution is -0.121. The van der Waals surface area contributed by atoms with Gasteiger partial charge in [0.2, 0.25) is 5.91 Å². The number of benzene rings is 1. The molecule has 1 aliphatic carbocycles. The number of hydrogen-bond acceptors (Lipinski definition) is 3. The van der Waals surface area contributed by atoms with E-state index in [0.29, 0.717) is 23.9 Å². The van der Waals surface area contributed by atoms with Crippen LogP contribution in [0.1, 0.15) is 56.3 Å². The predicted molar refractivity (Wildman–Crippen MR) is 94.8 cm³/mol. The van der Waals surface area contributed by atoms with Crippen molar-refractivity contribution in [3.8, 4) is 0 Å². The Morgan fingerprint density at radius 2 is 1.79 bits per heavy atom. The summed E-state index contributed by atoms with van der Waals surface area (Å²) in [5, 5.41) is 14.4. The first kappa shape index (κ1) is 18.5. The molecule has 1 fully saturated rings. The average molecular weight is 332 g/mol. The summed E-state index contributed by atoms with van der Waals surface area (Å²) in [7, 11) is 0. The molecule has 2 amide bonds. The SMILES string of the molecule is CC1(C)CCC(C(=O)Nc2ccc(C(=O)NCCCO)cc2)CC1. The van der Waals surface area contributed by atoms with Crippen molar-refractivity contribution in [1.29, 1.82) is 0 Å². The lowest BCUT2D eigenvalue weighted by Crippen LogP contribution is -2.30. The van der Waals surface area contributed by atoms with E-state index in [4.69, 9.17) is 5.11 Å². The molecule has 0 aliphatic heterocycles. The number of hydrogen-bond donors (Lipinski definition) is 3. The summed E-state index contributed by atoms with van der Waals surface area (Å²) in [6, 6.07) is 6.92. The second-order valence-electron chi connectivity index (χ2n) is 7.34. The summed E-state index contributed by atoms with van der Waals surface area (Å²) in [6.45, 7) is 5.02. The summed E-state index contributed by atoms with van der Waals surface area (Å²) >= 11 is 0. The third-order valence-electron chi connectivity index (χ3n) is 4.75. The zero-order valence-corrected chi connectivity index (χ0v) is 14.6. The number of aliphatic hydroxyl groups is 1. The molecule has 1 aromatic carbocycles. The van der Waals surface area contributed by atoms with E-state index in [-0.39, 0.29) is 24.3 Å². The molecule has 5 heteroatoms. The number of anilines is 1. The summed E-state index contributed by atoms with van der Waals surface area (Å²) in [5.74, 6) is -0.0130. The van der Waals surface area contributed by atoms with Crippen LogP contribution in [0.25, 0.3) is 0 Å². The van der Waals surface area contributed by atoms with Crippen LogP contribution in [0.5, 0.6) is 0 Å². The zero-order valence-electron chi connectivity index (χ0n) is 14.6. The summed E-state index contributed by atoms with van der Waals surface area (Å²) < 4.78 is 0. The minimum absolute atomic E-state index is 0.0591. The van der Waals surface area contributed by atoms with Crippen molar-refractivity contribution >= 4 is 17.5 Å². The van der Waals surface area contributed by atoms with Gasteiger partial charge in [-0.05, 0) is 61.8 Å². The van der Waals surface area contributed by atoms with Gasteiger partial charge in [0.05, 0.1) is 0 Å². The minimum Gasteiger partial charge on any atom is -0.396 e. The van der Waals surface area contributed by atoms with E-state index in [1.165, 1.54) is 0 Å². The molecule has 24 heavy (non-hydrogen) atoms. The fourth-order valence-electron chi connectivity index (χ4n) is 2.99. The first-order valence-electron chi connectivity index (χ1n) is 8.71. The summed E-state index contributed by atoms with van der Waals surface area (Å²) in [5.41, 5.74) is 1.61. The summed E-state index contributed by atoms with van der Waals surface area (Å²) in [4.78, 5) is 24.2. The van der Waals surface area contributed by atoms with Gasteiger partial charge in [-0.15, -0.1) is 0 Å². The van der Waals surface area contributed by atoms with E-state index < -0.39 is 0 Å². The molecule has 2 rings (SSSR count). The second-order valence-corrected chi connectivity index (χ2v) is 7.34. The molecule has 0 heterocycles. The quantitative estimate of drug-likeness (QED) is 0.701. The maximum atomic E-state index is 12.4. The number of nitrogens with one attached hydrogen (secondary N) is 2. The van der Waals surface area contributed by atoms with Gasteiger partial charge >= 0.3 is 0 Å². The van der Waals surface area contributed by atoms with Crippen LogP contribution in [0, 0.1) is 11.3 Å². The Bertz CT molecular complexity index is 556. The normalized spacial score (nSPS) is 17.3. The molecule has 1 saturated carbocycles. The first-order valence-corrected chi connectivity index (χ1v) is 8.71. The van der Waals surface area contributed by atoms with Gasteiger partial charge in [0.25, 0.3) is 5.91 Å². The Kier molecular flexibility index (Phi) is 6.37. The minimum atomic E-state index is -0.171. The fourth-order valence-corrected chi connectivity index (χ4v) is 2.99.